The third-order valence-corrected chi connectivity index (χ3v) is 11.4. The number of amides is 2. The first-order valence-corrected chi connectivity index (χ1v) is 19.5. The summed E-state index contributed by atoms with van der Waals surface area (Å²) in [7, 11) is 0. The smallest absolute Gasteiger partial charge is 0.409 e. The number of anilines is 1. The Morgan fingerprint density at radius 2 is 1.56 bits per heavy atom. The largest absolute Gasteiger partial charge is 0.477 e. The summed E-state index contributed by atoms with van der Waals surface area (Å²) in [6.07, 6.45) is 4.37. The van der Waals surface area contributed by atoms with Gasteiger partial charge in [0.1, 0.15) is 17.3 Å². The van der Waals surface area contributed by atoms with E-state index in [1.165, 1.54) is 36.4 Å². The topological polar surface area (TPSA) is 180 Å². The van der Waals surface area contributed by atoms with Crippen molar-refractivity contribution in [3.05, 3.63) is 89.2 Å². The van der Waals surface area contributed by atoms with Crippen LogP contribution in [0.5, 0.6) is 0 Å². The molecule has 0 aromatic heterocycles. The molecule has 312 valence electrons. The van der Waals surface area contributed by atoms with Gasteiger partial charge in [-0.05, 0) is 110 Å². The normalized spacial score (nSPS) is 20.2. The van der Waals surface area contributed by atoms with Crippen LogP contribution in [0.1, 0.15) is 72.9 Å². The molecule has 11 nitrogen and oxygen atoms in total. The number of Topliss-reactive ketones (excluding diaryl/α,β-unsaturated/α-hetero) is 2. The second-order valence-corrected chi connectivity index (χ2v) is 15.4. The monoisotopic (exact) mass is 821 g/mol. The Labute approximate surface area is 336 Å². The van der Waals surface area contributed by atoms with Gasteiger partial charge in [-0.25, -0.2) is 14.2 Å². The van der Waals surface area contributed by atoms with Crippen LogP contribution in [0, 0.1) is 29.5 Å². The lowest BCUT2D eigenvalue weighted by Crippen LogP contribution is -2.52. The zero-order valence-electron chi connectivity index (χ0n) is 32.0. The van der Waals surface area contributed by atoms with Crippen molar-refractivity contribution in [1.29, 1.82) is 0 Å². The molecule has 3 aromatic carbocycles. The maximum atomic E-state index is 15.2. The Morgan fingerprint density at radius 3 is 2.19 bits per heavy atom. The first-order chi connectivity index (χ1) is 28.1. The number of halogens is 5. The van der Waals surface area contributed by atoms with E-state index in [0.29, 0.717) is 49.4 Å². The summed E-state index contributed by atoms with van der Waals surface area (Å²) in [4.78, 5) is 70.4. The van der Waals surface area contributed by atoms with E-state index in [9.17, 15) is 41.5 Å². The van der Waals surface area contributed by atoms with Crippen LogP contribution in [0.15, 0.2) is 76.7 Å². The number of carboxylic acid groups (broad SMARTS) is 1. The first kappa shape index (κ1) is 43.0. The molecule has 0 radical (unpaired) electrons. The third-order valence-electron chi connectivity index (χ3n) is 11.4. The number of carbonyl (C=O) groups is 5. The molecule has 5 N–H and O–H groups in total. The highest BCUT2D eigenvalue weighted by atomic mass is 19.3. The minimum atomic E-state index is -5.39. The van der Waals surface area contributed by atoms with Crippen LogP contribution in [0.4, 0.5) is 27.6 Å². The van der Waals surface area contributed by atoms with Crippen molar-refractivity contribution in [1.82, 2.24) is 5.32 Å². The van der Waals surface area contributed by atoms with E-state index < -0.39 is 59.4 Å². The van der Waals surface area contributed by atoms with E-state index in [-0.39, 0.29) is 59.5 Å². The van der Waals surface area contributed by atoms with Gasteiger partial charge in [-0.2, -0.15) is 17.6 Å². The van der Waals surface area contributed by atoms with E-state index in [0.717, 1.165) is 24.8 Å². The lowest BCUT2D eigenvalue weighted by atomic mass is 9.77. The third kappa shape index (κ3) is 9.81. The summed E-state index contributed by atoms with van der Waals surface area (Å²) in [6, 6.07) is 17.0. The summed E-state index contributed by atoms with van der Waals surface area (Å²) in [5, 5.41) is 14.1. The molecule has 6 rings (SSSR count). The molecule has 2 fully saturated rings. The average Bonchev–Trinajstić information content (AvgIpc) is 3.73. The number of nitrogens with zero attached hydrogens (tertiary/aromatic N) is 2. The zero-order valence-corrected chi connectivity index (χ0v) is 32.0. The fraction of sp³-hybridized carbons (Fsp3) is 0.419. The van der Waals surface area contributed by atoms with Crippen LogP contribution in [-0.2, 0) is 25.6 Å². The zero-order chi connectivity index (χ0) is 42.5. The van der Waals surface area contributed by atoms with E-state index in [4.69, 9.17) is 10.8 Å². The van der Waals surface area contributed by atoms with Crippen molar-refractivity contribution in [2.24, 2.45) is 39.4 Å². The van der Waals surface area contributed by atoms with E-state index >= 15 is 4.39 Å². The van der Waals surface area contributed by atoms with Crippen LogP contribution in [0.25, 0.3) is 11.1 Å². The number of carboxylic acids is 1. The predicted molar refractivity (Wildman–Crippen MR) is 209 cm³/mol. The number of rotatable bonds is 16. The number of nitrogens with one attached hydrogen (secondary N) is 2. The molecule has 3 aliphatic rings. The standard InChI is InChI=1S/C43H44F5N5O6/c44-34-19-29(13-16-33(34)36(55)20-30-2-1-17-50-39(30)56)26-7-3-24(4-8-26)18-31(21-35(54)27-9-5-25(22-49)6-10-27)40(57)52-32-14-11-28(12-15-32)38-51-23-37(53-38)42(45,46)43(47,48)41(58)59/h3-4,7-8,11-16,19,25,27,30-31H,1-2,5-6,9-10,17-18,20-23,49H2,(H,50,56)(H,52,57)(H,58,59)/t25?,27?,30-,31+/m0/s1. The van der Waals surface area contributed by atoms with Crippen molar-refractivity contribution in [2.75, 3.05) is 25.0 Å². The van der Waals surface area contributed by atoms with Crippen LogP contribution >= 0.6 is 0 Å². The highest BCUT2D eigenvalue weighted by Gasteiger charge is 2.65. The molecule has 16 heteroatoms. The van der Waals surface area contributed by atoms with Crippen molar-refractivity contribution >= 4 is 46.6 Å². The van der Waals surface area contributed by atoms with Crippen molar-refractivity contribution in [3.8, 4) is 11.1 Å². The highest BCUT2D eigenvalue weighted by molar-refractivity contribution is 6.15. The molecule has 1 aliphatic carbocycles. The number of amidine groups is 1. The van der Waals surface area contributed by atoms with Gasteiger partial charge in [0.15, 0.2) is 11.6 Å². The molecular formula is C43H44F5N5O6. The summed E-state index contributed by atoms with van der Waals surface area (Å²) in [5.41, 5.74) is 6.67. The van der Waals surface area contributed by atoms with Gasteiger partial charge in [-0.1, -0.05) is 30.3 Å². The van der Waals surface area contributed by atoms with Crippen LogP contribution in [-0.4, -0.2) is 77.5 Å². The summed E-state index contributed by atoms with van der Waals surface area (Å²) < 4.78 is 71.3. The lowest BCUT2D eigenvalue weighted by molar-refractivity contribution is -0.202. The second kappa shape index (κ2) is 18.1. The maximum Gasteiger partial charge on any atom is 0.409 e. The molecule has 59 heavy (non-hydrogen) atoms. The number of carbonyl (C=O) groups excluding carboxylic acids is 4. The first-order valence-electron chi connectivity index (χ1n) is 19.5. The van der Waals surface area contributed by atoms with E-state index in [1.807, 2.05) is 0 Å². The van der Waals surface area contributed by atoms with Crippen molar-refractivity contribution in [2.45, 2.75) is 69.6 Å². The molecule has 0 bridgehead atoms. The van der Waals surface area contributed by atoms with Gasteiger partial charge in [0, 0.05) is 48.4 Å². The summed E-state index contributed by atoms with van der Waals surface area (Å²) in [6.45, 7) is 0.178. The minimum absolute atomic E-state index is 0.0417. The molecule has 2 atom stereocenters. The highest BCUT2D eigenvalue weighted by Crippen LogP contribution is 2.37. The molecule has 0 unspecified atom stereocenters. The van der Waals surface area contributed by atoms with Crippen LogP contribution in [0.3, 0.4) is 0 Å². The fourth-order valence-corrected chi connectivity index (χ4v) is 7.73. The Kier molecular flexibility index (Phi) is 13.2. The number of hydrogen-bond donors (Lipinski definition) is 4. The Morgan fingerprint density at radius 1 is 0.898 bits per heavy atom. The molecule has 0 spiro atoms. The van der Waals surface area contributed by atoms with Crippen LogP contribution < -0.4 is 16.4 Å². The van der Waals surface area contributed by atoms with E-state index in [2.05, 4.69) is 20.6 Å². The quantitative estimate of drug-likeness (QED) is 0.0920. The number of ketones is 2. The molecule has 2 amide bonds. The number of piperidine rings is 1. The number of alkyl halides is 4. The van der Waals surface area contributed by atoms with Crippen LogP contribution in [0.2, 0.25) is 0 Å². The number of aliphatic imine (C=N–C) groups is 2. The predicted octanol–water partition coefficient (Wildman–Crippen LogP) is 6.67. The Balaban J connectivity index is 1.14. The molecule has 2 aliphatic heterocycles. The molecule has 1 saturated heterocycles. The second-order valence-electron chi connectivity index (χ2n) is 15.4. The molecule has 3 aromatic rings. The SMILES string of the molecule is NCC1CCC(C(=O)C[C@@H](Cc2ccc(-c3ccc(C(=O)C[C@@H]4CCCNC4=O)c(F)c3)cc2)C(=O)Nc2ccc(C3=NCC(C(F)(F)C(F)(F)C(=O)O)=N3)cc2)CC1. The number of aliphatic carboxylic acids is 1. The average molecular weight is 822 g/mol. The summed E-state index contributed by atoms with van der Waals surface area (Å²) >= 11 is 0. The number of nitrogens with two attached hydrogens (primary N) is 1. The van der Waals surface area contributed by atoms with Crippen molar-refractivity contribution in [3.63, 3.8) is 0 Å². The van der Waals surface area contributed by atoms with Gasteiger partial charge in [-0.3, -0.25) is 24.2 Å². The van der Waals surface area contributed by atoms with Gasteiger partial charge in [0.05, 0.1) is 12.1 Å². The fourth-order valence-electron chi connectivity index (χ4n) is 7.73. The Hall–Kier alpha value is -5.64. The van der Waals surface area contributed by atoms with E-state index in [1.54, 1.807) is 30.3 Å². The van der Waals surface area contributed by atoms with Gasteiger partial charge in [-0.15, -0.1) is 0 Å². The van der Waals surface area contributed by atoms with Gasteiger partial charge >= 0.3 is 17.8 Å². The molecular weight excluding hydrogens is 777 g/mol. The summed E-state index contributed by atoms with van der Waals surface area (Å²) in [5.74, 6) is -16.8. The van der Waals surface area contributed by atoms with Gasteiger partial charge in [0.2, 0.25) is 11.8 Å². The minimum Gasteiger partial charge on any atom is -0.477 e. The van der Waals surface area contributed by atoms with Gasteiger partial charge < -0.3 is 21.5 Å². The molecule has 1 saturated carbocycles. The van der Waals surface area contributed by atoms with Crippen molar-refractivity contribution < 1.29 is 51.0 Å². The maximum absolute atomic E-state index is 15.2. The number of hydrogen-bond acceptors (Lipinski definition) is 8. The Bertz CT molecular complexity index is 2150. The molecule has 2 heterocycles. The van der Waals surface area contributed by atoms with Gasteiger partial charge in [0.25, 0.3) is 0 Å². The lowest BCUT2D eigenvalue weighted by Gasteiger charge is -2.27. The number of benzene rings is 3.